The number of halogens is 4. The topological polar surface area (TPSA) is 29.5 Å². The molecule has 0 aromatic heterocycles. The molecule has 0 spiro atoms. The maximum atomic E-state index is 9.13. The molecule has 0 saturated heterocycles. The van der Waals surface area contributed by atoms with Crippen molar-refractivity contribution in [3.05, 3.63) is 60.4 Å². The van der Waals surface area contributed by atoms with Crippen molar-refractivity contribution in [2.45, 2.75) is 13.2 Å². The van der Waals surface area contributed by atoms with Crippen LogP contribution in [0.25, 0.3) is 0 Å². The second kappa shape index (κ2) is 7.14. The van der Waals surface area contributed by atoms with Crippen molar-refractivity contribution in [2.24, 2.45) is 0 Å². The minimum Gasteiger partial charge on any atom is -0.487 e. The Kier molecular flexibility index (Phi) is 5.75. The molecule has 0 aliphatic heterocycles. The fourth-order valence-corrected chi connectivity index (χ4v) is 3.46. The van der Waals surface area contributed by atoms with Gasteiger partial charge in [0.05, 0.1) is 25.6 Å². The van der Waals surface area contributed by atoms with Crippen LogP contribution in [0.15, 0.2) is 39.3 Å². The van der Waals surface area contributed by atoms with E-state index in [2.05, 4.69) is 31.9 Å². The van der Waals surface area contributed by atoms with Crippen LogP contribution in [-0.2, 0) is 13.2 Å². The number of aliphatic hydroxyl groups is 1. The van der Waals surface area contributed by atoms with Crippen LogP contribution in [0.3, 0.4) is 0 Å². The third-order valence-electron chi connectivity index (χ3n) is 2.61. The first kappa shape index (κ1) is 16.1. The second-order valence-corrected chi connectivity index (χ2v) is 6.61. The molecule has 0 aliphatic rings. The Balaban J connectivity index is 2.16. The summed E-state index contributed by atoms with van der Waals surface area (Å²) in [5.41, 5.74) is 1.72. The highest BCUT2D eigenvalue weighted by atomic mass is 79.9. The summed E-state index contributed by atoms with van der Waals surface area (Å²) in [4.78, 5) is 0. The van der Waals surface area contributed by atoms with Gasteiger partial charge in [-0.25, -0.2) is 0 Å². The van der Waals surface area contributed by atoms with E-state index >= 15 is 0 Å². The Morgan fingerprint density at radius 3 is 2.15 bits per heavy atom. The molecule has 2 nitrogen and oxygen atoms in total. The summed E-state index contributed by atoms with van der Waals surface area (Å²) in [6.07, 6.45) is 0. The molecule has 0 aliphatic carbocycles. The van der Waals surface area contributed by atoms with Crippen LogP contribution in [0.1, 0.15) is 11.1 Å². The molecule has 2 aromatic rings. The van der Waals surface area contributed by atoms with Gasteiger partial charge >= 0.3 is 0 Å². The van der Waals surface area contributed by atoms with Crippen LogP contribution in [0.5, 0.6) is 5.75 Å². The molecule has 0 saturated carbocycles. The van der Waals surface area contributed by atoms with E-state index < -0.39 is 0 Å². The molecule has 0 fully saturated rings. The van der Waals surface area contributed by atoms with Gasteiger partial charge in [-0.3, -0.25) is 0 Å². The van der Waals surface area contributed by atoms with Gasteiger partial charge in [-0.1, -0.05) is 29.3 Å². The number of rotatable bonds is 4. The zero-order chi connectivity index (χ0) is 14.7. The monoisotopic (exact) mass is 438 g/mol. The van der Waals surface area contributed by atoms with Crippen LogP contribution in [0.4, 0.5) is 0 Å². The molecule has 0 heterocycles. The first-order valence-corrected chi connectivity index (χ1v) is 8.01. The van der Waals surface area contributed by atoms with Gasteiger partial charge in [0.25, 0.3) is 0 Å². The predicted octanol–water partition coefficient (Wildman–Crippen LogP) is 5.59. The van der Waals surface area contributed by atoms with E-state index in [-0.39, 0.29) is 6.61 Å². The van der Waals surface area contributed by atoms with Crippen LogP contribution in [0.2, 0.25) is 10.0 Å². The Morgan fingerprint density at radius 1 is 0.950 bits per heavy atom. The molecule has 0 unspecified atom stereocenters. The quantitative estimate of drug-likeness (QED) is 0.671. The number of benzene rings is 2. The van der Waals surface area contributed by atoms with Gasteiger partial charge in [-0.05, 0) is 67.3 Å². The lowest BCUT2D eigenvalue weighted by molar-refractivity contribution is 0.280. The Bertz CT molecular complexity index is 610. The summed E-state index contributed by atoms with van der Waals surface area (Å²) in [7, 11) is 0. The van der Waals surface area contributed by atoms with Gasteiger partial charge in [0, 0.05) is 0 Å². The van der Waals surface area contributed by atoms with Crippen LogP contribution in [-0.4, -0.2) is 5.11 Å². The third-order valence-corrected chi connectivity index (χ3v) is 4.52. The first-order chi connectivity index (χ1) is 9.51. The van der Waals surface area contributed by atoms with Crippen molar-refractivity contribution in [3.63, 3.8) is 0 Å². The van der Waals surface area contributed by atoms with E-state index in [1.165, 1.54) is 0 Å². The van der Waals surface area contributed by atoms with Gasteiger partial charge in [0.15, 0.2) is 0 Å². The van der Waals surface area contributed by atoms with Gasteiger partial charge in [0.2, 0.25) is 0 Å². The minimum atomic E-state index is -0.0235. The summed E-state index contributed by atoms with van der Waals surface area (Å²) in [5, 5.41) is 10.2. The molecule has 1 N–H and O–H groups in total. The molecule has 0 radical (unpaired) electrons. The summed E-state index contributed by atoms with van der Waals surface area (Å²) in [6.45, 7) is 0.344. The van der Waals surface area contributed by atoms with Crippen LogP contribution >= 0.6 is 55.1 Å². The first-order valence-electron chi connectivity index (χ1n) is 5.66. The maximum Gasteiger partial charge on any atom is 0.148 e. The van der Waals surface area contributed by atoms with Gasteiger partial charge in [-0.15, -0.1) is 0 Å². The van der Waals surface area contributed by atoms with E-state index in [0.29, 0.717) is 22.4 Å². The summed E-state index contributed by atoms with van der Waals surface area (Å²) >= 11 is 18.7. The van der Waals surface area contributed by atoms with Gasteiger partial charge in [0.1, 0.15) is 12.4 Å². The second-order valence-electron chi connectivity index (χ2n) is 4.08. The standard InChI is InChI=1S/C14H10Br2Cl2O2/c15-10-3-9(6-19)4-11(16)14(10)20-7-8-1-2-12(17)13(18)5-8/h1-5,19H,6-7H2. The fraction of sp³-hybridized carbons (Fsp3) is 0.143. The molecule has 2 aromatic carbocycles. The van der Waals surface area contributed by atoms with Crippen LogP contribution in [0, 0.1) is 0 Å². The molecule has 20 heavy (non-hydrogen) atoms. The highest BCUT2D eigenvalue weighted by molar-refractivity contribution is 9.11. The zero-order valence-electron chi connectivity index (χ0n) is 10.2. The predicted molar refractivity (Wildman–Crippen MR) is 88.6 cm³/mol. The summed E-state index contributed by atoms with van der Waals surface area (Å²) < 4.78 is 7.32. The van der Waals surface area contributed by atoms with Crippen molar-refractivity contribution in [1.82, 2.24) is 0 Å². The molecule has 0 atom stereocenters. The van der Waals surface area contributed by atoms with E-state index in [4.69, 9.17) is 33.0 Å². The number of ether oxygens (including phenoxy) is 1. The van der Waals surface area contributed by atoms with Gasteiger partial charge in [-0.2, -0.15) is 0 Å². The Labute approximate surface area is 143 Å². The lowest BCUT2D eigenvalue weighted by Gasteiger charge is -2.12. The lowest BCUT2D eigenvalue weighted by atomic mass is 10.2. The normalized spacial score (nSPS) is 10.7. The van der Waals surface area contributed by atoms with Crippen molar-refractivity contribution < 1.29 is 9.84 Å². The highest BCUT2D eigenvalue weighted by Crippen LogP contribution is 2.35. The molecule has 106 valence electrons. The average Bonchev–Trinajstić information content (AvgIpc) is 2.41. The van der Waals surface area contributed by atoms with Crippen LogP contribution < -0.4 is 4.74 Å². The van der Waals surface area contributed by atoms with Crippen molar-refractivity contribution in [3.8, 4) is 5.75 Å². The van der Waals surface area contributed by atoms with Crippen molar-refractivity contribution in [2.75, 3.05) is 0 Å². The Morgan fingerprint density at radius 2 is 1.60 bits per heavy atom. The third kappa shape index (κ3) is 3.89. The Hall–Kier alpha value is -0.260. The van der Waals surface area contributed by atoms with Gasteiger partial charge < -0.3 is 9.84 Å². The molecule has 0 amide bonds. The molecule has 0 bridgehead atoms. The van der Waals surface area contributed by atoms with Crippen molar-refractivity contribution >= 4 is 55.1 Å². The largest absolute Gasteiger partial charge is 0.487 e. The number of hydrogen-bond donors (Lipinski definition) is 1. The maximum absolute atomic E-state index is 9.13. The van der Waals surface area contributed by atoms with E-state index in [9.17, 15) is 0 Å². The fourth-order valence-electron chi connectivity index (χ4n) is 1.63. The molecule has 6 heteroatoms. The zero-order valence-corrected chi connectivity index (χ0v) is 14.9. The van der Waals surface area contributed by atoms with Crippen molar-refractivity contribution in [1.29, 1.82) is 0 Å². The van der Waals surface area contributed by atoms with E-state index in [1.54, 1.807) is 12.1 Å². The molecular weight excluding hydrogens is 431 g/mol. The average molecular weight is 441 g/mol. The minimum absolute atomic E-state index is 0.0235. The summed E-state index contributed by atoms with van der Waals surface area (Å²) in [6, 6.07) is 9.00. The SMILES string of the molecule is OCc1cc(Br)c(OCc2ccc(Cl)c(Cl)c2)c(Br)c1. The van der Waals surface area contributed by atoms with E-state index in [1.807, 2.05) is 18.2 Å². The smallest absolute Gasteiger partial charge is 0.148 e. The number of hydrogen-bond acceptors (Lipinski definition) is 2. The highest BCUT2D eigenvalue weighted by Gasteiger charge is 2.09. The summed E-state index contributed by atoms with van der Waals surface area (Å²) in [5.74, 6) is 0.674. The number of aliphatic hydroxyl groups excluding tert-OH is 1. The lowest BCUT2D eigenvalue weighted by Crippen LogP contribution is -1.98. The molecule has 2 rings (SSSR count). The van der Waals surface area contributed by atoms with E-state index in [0.717, 1.165) is 20.1 Å². The molecular formula is C14H10Br2Cl2O2.